The highest BCUT2D eigenvalue weighted by atomic mass is 16.4. The highest BCUT2D eigenvalue weighted by molar-refractivity contribution is 5.67. The second-order valence-electron chi connectivity index (χ2n) is 7.62. The molecule has 0 atom stereocenters. The quantitative estimate of drug-likeness (QED) is 0.139. The summed E-state index contributed by atoms with van der Waals surface area (Å²) in [5, 5.41) is 49.5. The smallest absolute Gasteiger partial charge is 0.303 e. The zero-order valence-electron chi connectivity index (χ0n) is 19.8. The number of aliphatic hydroxyl groups is 2. The van der Waals surface area contributed by atoms with Crippen LogP contribution in [-0.2, 0) is 19.2 Å². The summed E-state index contributed by atoms with van der Waals surface area (Å²) in [7, 11) is 0. The van der Waals surface area contributed by atoms with E-state index in [4.69, 9.17) is 30.6 Å². The van der Waals surface area contributed by atoms with Gasteiger partial charge in [-0.15, -0.1) is 0 Å². The van der Waals surface area contributed by atoms with E-state index in [0.29, 0.717) is 12.8 Å². The molecule has 0 spiro atoms. The molecule has 10 nitrogen and oxygen atoms in total. The molecule has 0 aromatic heterocycles. The molecule has 6 N–H and O–H groups in total. The molecular weight excluding hydrogens is 436 g/mol. The van der Waals surface area contributed by atoms with Crippen molar-refractivity contribution in [1.29, 1.82) is 0 Å². The van der Waals surface area contributed by atoms with Gasteiger partial charge in [0.15, 0.2) is 0 Å². The van der Waals surface area contributed by atoms with E-state index in [1.54, 1.807) is 0 Å². The van der Waals surface area contributed by atoms with Crippen LogP contribution in [0.5, 0.6) is 0 Å². The minimum Gasteiger partial charge on any atom is -0.481 e. The van der Waals surface area contributed by atoms with Gasteiger partial charge in [0.05, 0.1) is 0 Å². The minimum atomic E-state index is -0.759. The number of hydrogen-bond donors (Lipinski definition) is 6. The van der Waals surface area contributed by atoms with Crippen LogP contribution in [0.2, 0.25) is 0 Å². The third kappa shape index (κ3) is 48.5. The fourth-order valence-electron chi connectivity index (χ4n) is 2.57. The molecule has 0 amide bonds. The Morgan fingerprint density at radius 3 is 0.667 bits per heavy atom. The van der Waals surface area contributed by atoms with Gasteiger partial charge in [-0.3, -0.25) is 19.2 Å². The van der Waals surface area contributed by atoms with Crippen LogP contribution in [-0.4, -0.2) is 67.7 Å². The molecule has 0 fully saturated rings. The SMILES string of the molecule is O=C(O)CCCCCCCC(=O)O.O=C(O)CCCCCCCCC(=O)O.OCCCCO. The average Bonchev–Trinajstić information content (AvgIpc) is 2.73. The van der Waals surface area contributed by atoms with Gasteiger partial charge in [-0.1, -0.05) is 44.9 Å². The summed E-state index contributed by atoms with van der Waals surface area (Å²) < 4.78 is 0. The monoisotopic (exact) mass is 480 g/mol. The van der Waals surface area contributed by atoms with E-state index in [1.807, 2.05) is 0 Å². The lowest BCUT2D eigenvalue weighted by molar-refractivity contribution is -0.138. The van der Waals surface area contributed by atoms with Crippen LogP contribution >= 0.6 is 0 Å². The lowest BCUT2D eigenvalue weighted by atomic mass is 10.1. The van der Waals surface area contributed by atoms with Crippen LogP contribution in [0, 0.1) is 0 Å². The Hall–Kier alpha value is -2.20. The number of aliphatic hydroxyl groups excluding tert-OH is 2. The highest BCUT2D eigenvalue weighted by Crippen LogP contribution is 2.08. The first kappa shape index (κ1) is 35.4. The van der Waals surface area contributed by atoms with Crippen molar-refractivity contribution in [2.45, 2.75) is 109 Å². The van der Waals surface area contributed by atoms with Gasteiger partial charge in [-0.05, 0) is 38.5 Å². The Kier molecular flexibility index (Phi) is 32.0. The Morgan fingerprint density at radius 2 is 0.515 bits per heavy atom. The summed E-state index contributed by atoms with van der Waals surface area (Å²) in [6.07, 6.45) is 11.8. The summed E-state index contributed by atoms with van der Waals surface area (Å²) in [4.78, 5) is 40.5. The van der Waals surface area contributed by atoms with E-state index in [9.17, 15) is 19.2 Å². The molecule has 0 aliphatic rings. The third-order valence-corrected chi connectivity index (χ3v) is 4.38. The number of aliphatic carboxylic acids is 4. The van der Waals surface area contributed by atoms with Gasteiger partial charge in [-0.2, -0.15) is 0 Å². The number of hydrogen-bond acceptors (Lipinski definition) is 6. The molecule has 0 aromatic rings. The summed E-state index contributed by atoms with van der Waals surface area (Å²) in [5.74, 6) is -3.00. The average molecular weight is 481 g/mol. The van der Waals surface area contributed by atoms with Crippen molar-refractivity contribution >= 4 is 23.9 Å². The maximum Gasteiger partial charge on any atom is 0.303 e. The second kappa shape index (κ2) is 29.8. The second-order valence-corrected chi connectivity index (χ2v) is 7.62. The van der Waals surface area contributed by atoms with Crippen LogP contribution in [0.3, 0.4) is 0 Å². The topological polar surface area (TPSA) is 190 Å². The molecule has 0 radical (unpaired) electrons. The zero-order chi connectivity index (χ0) is 25.7. The number of carboxylic acids is 4. The fourth-order valence-corrected chi connectivity index (χ4v) is 2.57. The van der Waals surface area contributed by atoms with Crippen molar-refractivity contribution in [3.63, 3.8) is 0 Å². The largest absolute Gasteiger partial charge is 0.481 e. The van der Waals surface area contributed by atoms with Gasteiger partial charge >= 0.3 is 23.9 Å². The minimum absolute atomic E-state index is 0.195. The van der Waals surface area contributed by atoms with Gasteiger partial charge in [0, 0.05) is 38.9 Å². The Balaban J connectivity index is -0.000000441. The molecule has 0 saturated heterocycles. The van der Waals surface area contributed by atoms with Crippen LogP contribution in [0.25, 0.3) is 0 Å². The predicted molar refractivity (Wildman–Crippen MR) is 123 cm³/mol. The van der Waals surface area contributed by atoms with Crippen molar-refractivity contribution in [2.75, 3.05) is 13.2 Å². The lowest BCUT2D eigenvalue weighted by Gasteiger charge is -1.98. The number of carboxylic acid groups (broad SMARTS) is 4. The normalized spacial score (nSPS) is 9.76. The first-order chi connectivity index (χ1) is 15.7. The molecule has 10 heteroatoms. The van der Waals surface area contributed by atoms with Gasteiger partial charge < -0.3 is 30.6 Å². The van der Waals surface area contributed by atoms with E-state index < -0.39 is 23.9 Å². The standard InChI is InChI=1S/C10H18O4.C9H16O4.C4H10O2/c11-9(12)7-5-3-1-2-4-6-8-10(13)14;10-8(11)6-4-2-1-3-5-7-9(12)13;5-3-1-2-4-6/h1-8H2,(H,11,12)(H,13,14);1-7H2,(H,10,11)(H,12,13);5-6H,1-4H2. The molecule has 0 heterocycles. The third-order valence-electron chi connectivity index (χ3n) is 4.38. The van der Waals surface area contributed by atoms with Crippen molar-refractivity contribution in [1.82, 2.24) is 0 Å². The number of unbranched alkanes of at least 4 members (excludes halogenated alkanes) is 10. The molecule has 0 aromatic carbocycles. The van der Waals surface area contributed by atoms with E-state index in [0.717, 1.165) is 70.6 Å². The highest BCUT2D eigenvalue weighted by Gasteiger charge is 1.99. The molecule has 0 unspecified atom stereocenters. The van der Waals surface area contributed by atoms with E-state index >= 15 is 0 Å². The van der Waals surface area contributed by atoms with Crippen molar-refractivity contribution in [3.05, 3.63) is 0 Å². The predicted octanol–water partition coefficient (Wildman–Crippen LogP) is 3.91. The molecule has 33 heavy (non-hydrogen) atoms. The van der Waals surface area contributed by atoms with Crippen LogP contribution < -0.4 is 0 Å². The molecule has 0 bridgehead atoms. The summed E-state index contributed by atoms with van der Waals surface area (Å²) in [5.41, 5.74) is 0. The van der Waals surface area contributed by atoms with Gasteiger partial charge in [0.2, 0.25) is 0 Å². The first-order valence-corrected chi connectivity index (χ1v) is 11.8. The van der Waals surface area contributed by atoms with Crippen LogP contribution in [0.15, 0.2) is 0 Å². The molecule has 0 aliphatic heterocycles. The van der Waals surface area contributed by atoms with Crippen molar-refractivity contribution < 1.29 is 49.8 Å². The Morgan fingerprint density at radius 1 is 0.333 bits per heavy atom. The maximum absolute atomic E-state index is 10.1. The maximum atomic E-state index is 10.1. The summed E-state index contributed by atoms with van der Waals surface area (Å²) in [6.45, 7) is 0.390. The number of rotatable bonds is 20. The molecular formula is C23H44O10. The fraction of sp³-hybridized carbons (Fsp3) is 0.826. The molecule has 0 aliphatic carbocycles. The zero-order valence-corrected chi connectivity index (χ0v) is 19.8. The van der Waals surface area contributed by atoms with Gasteiger partial charge in [0.25, 0.3) is 0 Å². The van der Waals surface area contributed by atoms with Crippen molar-refractivity contribution in [3.8, 4) is 0 Å². The van der Waals surface area contributed by atoms with Crippen molar-refractivity contribution in [2.24, 2.45) is 0 Å². The van der Waals surface area contributed by atoms with E-state index in [1.165, 1.54) is 0 Å². The van der Waals surface area contributed by atoms with E-state index in [-0.39, 0.29) is 38.9 Å². The molecule has 0 saturated carbocycles. The first-order valence-electron chi connectivity index (χ1n) is 11.8. The van der Waals surface area contributed by atoms with Crippen LogP contribution in [0.1, 0.15) is 109 Å². The van der Waals surface area contributed by atoms with Gasteiger partial charge in [0.1, 0.15) is 0 Å². The summed E-state index contributed by atoms with van der Waals surface area (Å²) in [6, 6.07) is 0. The Bertz CT molecular complexity index is 438. The number of carbonyl (C=O) groups is 4. The van der Waals surface area contributed by atoms with Gasteiger partial charge in [-0.25, -0.2) is 0 Å². The molecule has 0 rings (SSSR count). The molecule has 196 valence electrons. The summed E-state index contributed by atoms with van der Waals surface area (Å²) >= 11 is 0. The van der Waals surface area contributed by atoms with Crippen LogP contribution in [0.4, 0.5) is 0 Å². The Labute approximate surface area is 196 Å². The van der Waals surface area contributed by atoms with E-state index in [2.05, 4.69) is 0 Å². The lowest BCUT2D eigenvalue weighted by Crippen LogP contribution is -1.95.